The fourth-order valence-corrected chi connectivity index (χ4v) is 7.76. The summed E-state index contributed by atoms with van der Waals surface area (Å²) in [6.45, 7) is 15.6. The number of rotatable bonds is 5. The molecule has 4 aliphatic rings. The summed E-state index contributed by atoms with van der Waals surface area (Å²) in [5, 5.41) is 11.8. The first kappa shape index (κ1) is 24.8. The molecule has 1 N–H and O–H groups in total. The molecule has 184 valence electrons. The number of aliphatic hydroxyl groups is 1. The molecular weight excluding hydrogens is 408 g/mol. The molecule has 0 bridgehead atoms. The van der Waals surface area contributed by atoms with E-state index in [4.69, 9.17) is 4.74 Å². The first-order valence-corrected chi connectivity index (χ1v) is 13.4. The summed E-state index contributed by atoms with van der Waals surface area (Å²) < 4.78 is 5.52. The Hall–Kier alpha value is -1.35. The Morgan fingerprint density at radius 2 is 1.82 bits per heavy atom. The number of allylic oxidation sites excluding steroid dienone is 4. The molecule has 33 heavy (non-hydrogen) atoms. The number of carbonyl (C=O) groups is 1. The van der Waals surface area contributed by atoms with E-state index in [-0.39, 0.29) is 17.5 Å². The molecule has 0 aromatic rings. The Morgan fingerprint density at radius 1 is 1.09 bits per heavy atom. The van der Waals surface area contributed by atoms with Crippen LogP contribution in [0.5, 0.6) is 0 Å². The van der Waals surface area contributed by atoms with Crippen LogP contribution >= 0.6 is 0 Å². The molecule has 8 atom stereocenters. The van der Waals surface area contributed by atoms with Crippen molar-refractivity contribution in [2.75, 3.05) is 0 Å². The lowest BCUT2D eigenvalue weighted by Crippen LogP contribution is -2.56. The van der Waals surface area contributed by atoms with E-state index in [0.29, 0.717) is 47.8 Å². The van der Waals surface area contributed by atoms with Crippen molar-refractivity contribution in [3.63, 3.8) is 0 Å². The van der Waals surface area contributed by atoms with Crippen LogP contribution in [-0.4, -0.2) is 22.8 Å². The van der Waals surface area contributed by atoms with E-state index in [2.05, 4.69) is 65.8 Å². The zero-order valence-corrected chi connectivity index (χ0v) is 22.0. The molecule has 0 unspecified atom stereocenters. The van der Waals surface area contributed by atoms with Gasteiger partial charge in [0, 0.05) is 18.8 Å². The maximum Gasteiger partial charge on any atom is 0.302 e. The molecule has 0 amide bonds. The predicted molar refractivity (Wildman–Crippen MR) is 134 cm³/mol. The quantitative estimate of drug-likeness (QED) is 0.359. The van der Waals surface area contributed by atoms with Gasteiger partial charge in [0.05, 0.1) is 5.60 Å². The summed E-state index contributed by atoms with van der Waals surface area (Å²) in [7, 11) is 0. The van der Waals surface area contributed by atoms with Gasteiger partial charge in [0.1, 0.15) is 6.10 Å². The second-order valence-electron chi connectivity index (χ2n) is 12.6. The van der Waals surface area contributed by atoms with E-state index in [9.17, 15) is 9.90 Å². The van der Waals surface area contributed by atoms with Gasteiger partial charge in [0.2, 0.25) is 0 Å². The topological polar surface area (TPSA) is 46.5 Å². The number of esters is 1. The van der Waals surface area contributed by atoms with E-state index in [0.717, 1.165) is 19.3 Å². The number of carbonyl (C=O) groups excluding carboxylic acids is 1. The van der Waals surface area contributed by atoms with Gasteiger partial charge < -0.3 is 9.84 Å². The Morgan fingerprint density at radius 3 is 2.48 bits per heavy atom. The second kappa shape index (κ2) is 8.70. The predicted octanol–water partition coefficient (Wildman–Crippen LogP) is 7.02. The van der Waals surface area contributed by atoms with Crippen molar-refractivity contribution >= 4 is 5.97 Å². The summed E-state index contributed by atoms with van der Waals surface area (Å²) in [6.07, 6.45) is 16.2. The molecule has 0 aliphatic heterocycles. The molecule has 0 aromatic heterocycles. The van der Waals surface area contributed by atoms with Crippen molar-refractivity contribution in [3.8, 4) is 0 Å². The Bertz CT molecular complexity index is 866. The molecular formula is C30H46O3. The zero-order chi connectivity index (χ0) is 24.2. The molecule has 3 heteroatoms. The van der Waals surface area contributed by atoms with E-state index < -0.39 is 5.60 Å². The highest BCUT2D eigenvalue weighted by Crippen LogP contribution is 2.65. The zero-order valence-electron chi connectivity index (χ0n) is 22.0. The SMILES string of the molecule is CC(=O)O[C@@H]1CC[C@]2(C)C3=CC[C@]4(C)[C@H](CC[C@@H]4[C@H](C)/C=C/[C@H](C)C(C)C)C3=CC[C@@]2(O)C1. The largest absolute Gasteiger partial charge is 0.462 e. The van der Waals surface area contributed by atoms with E-state index in [1.165, 1.54) is 30.9 Å². The van der Waals surface area contributed by atoms with E-state index >= 15 is 0 Å². The summed E-state index contributed by atoms with van der Waals surface area (Å²) >= 11 is 0. The molecule has 2 saturated carbocycles. The number of hydrogen-bond acceptors (Lipinski definition) is 3. The Balaban J connectivity index is 1.58. The van der Waals surface area contributed by atoms with Crippen molar-refractivity contribution < 1.29 is 14.6 Å². The van der Waals surface area contributed by atoms with Crippen LogP contribution < -0.4 is 0 Å². The number of fused-ring (bicyclic) bond motifs is 5. The highest BCUT2D eigenvalue weighted by Gasteiger charge is 2.60. The van der Waals surface area contributed by atoms with Gasteiger partial charge in [0.15, 0.2) is 0 Å². The van der Waals surface area contributed by atoms with Crippen LogP contribution in [0.15, 0.2) is 35.5 Å². The van der Waals surface area contributed by atoms with Crippen molar-refractivity contribution in [1.82, 2.24) is 0 Å². The smallest absolute Gasteiger partial charge is 0.302 e. The third kappa shape index (κ3) is 4.07. The maximum absolute atomic E-state index is 11.8. The third-order valence-electron chi connectivity index (χ3n) is 10.4. The Labute approximate surface area is 201 Å². The van der Waals surface area contributed by atoms with Crippen LogP contribution in [-0.2, 0) is 9.53 Å². The van der Waals surface area contributed by atoms with E-state index in [1.807, 2.05) is 0 Å². The average molecular weight is 455 g/mol. The lowest BCUT2D eigenvalue weighted by Gasteiger charge is -2.57. The van der Waals surface area contributed by atoms with Gasteiger partial charge in [-0.25, -0.2) is 0 Å². The van der Waals surface area contributed by atoms with Crippen LogP contribution in [0.4, 0.5) is 0 Å². The standard InChI is InChI=1S/C30H46O3/c1-19(2)20(3)8-9-21(4)25-10-11-26-24-13-17-30(32)18-23(33-22(5)31)12-16-29(30,7)27(24)14-15-28(25,26)6/h8-9,13-14,19-21,23,25-26,32H,10-12,15-18H2,1-7H3/b9-8+/t20-,21+,23+,25+,26+,28-,29+,30+/m0/s1. The fourth-order valence-electron chi connectivity index (χ4n) is 7.76. The molecule has 0 radical (unpaired) electrons. The first-order valence-electron chi connectivity index (χ1n) is 13.4. The van der Waals surface area contributed by atoms with Gasteiger partial charge in [-0.3, -0.25) is 4.79 Å². The third-order valence-corrected chi connectivity index (χ3v) is 10.4. The molecule has 0 heterocycles. The van der Waals surface area contributed by atoms with Crippen LogP contribution in [0.3, 0.4) is 0 Å². The van der Waals surface area contributed by atoms with Crippen LogP contribution in [0.25, 0.3) is 0 Å². The molecule has 3 nitrogen and oxygen atoms in total. The van der Waals surface area contributed by atoms with Crippen molar-refractivity contribution in [1.29, 1.82) is 0 Å². The van der Waals surface area contributed by atoms with Gasteiger partial charge in [-0.1, -0.05) is 65.8 Å². The van der Waals surface area contributed by atoms with Crippen molar-refractivity contribution in [2.45, 2.75) is 105 Å². The molecule has 4 rings (SSSR count). The molecule has 0 saturated heterocycles. The first-order chi connectivity index (χ1) is 15.4. The second-order valence-corrected chi connectivity index (χ2v) is 12.6. The van der Waals surface area contributed by atoms with Gasteiger partial charge >= 0.3 is 5.97 Å². The highest BCUT2D eigenvalue weighted by molar-refractivity contribution is 5.66. The molecule has 2 fully saturated rings. The summed E-state index contributed by atoms with van der Waals surface area (Å²) in [6, 6.07) is 0. The van der Waals surface area contributed by atoms with Gasteiger partial charge in [-0.05, 0) is 84.7 Å². The van der Waals surface area contributed by atoms with Crippen molar-refractivity contribution in [2.24, 2.45) is 40.4 Å². The van der Waals surface area contributed by atoms with Gasteiger partial charge in [0.25, 0.3) is 0 Å². The van der Waals surface area contributed by atoms with Crippen LogP contribution in [0, 0.1) is 40.4 Å². The molecule has 4 aliphatic carbocycles. The van der Waals surface area contributed by atoms with Crippen LogP contribution in [0.1, 0.15) is 93.4 Å². The Kier molecular flexibility index (Phi) is 6.53. The van der Waals surface area contributed by atoms with E-state index in [1.54, 1.807) is 0 Å². The summed E-state index contributed by atoms with van der Waals surface area (Å²) in [5.74, 6) is 2.94. The highest BCUT2D eigenvalue weighted by atomic mass is 16.5. The normalized spacial score (nSPS) is 42.2. The number of ether oxygens (including phenoxy) is 1. The lowest BCUT2D eigenvalue weighted by atomic mass is 9.50. The minimum Gasteiger partial charge on any atom is -0.462 e. The van der Waals surface area contributed by atoms with Crippen molar-refractivity contribution in [3.05, 3.63) is 35.5 Å². The summed E-state index contributed by atoms with van der Waals surface area (Å²) in [4.78, 5) is 11.5. The summed E-state index contributed by atoms with van der Waals surface area (Å²) in [5.41, 5.74) is 2.15. The van der Waals surface area contributed by atoms with Gasteiger partial charge in [-0.2, -0.15) is 0 Å². The minimum atomic E-state index is -0.824. The monoisotopic (exact) mass is 454 g/mol. The lowest BCUT2D eigenvalue weighted by molar-refractivity contribution is -0.163. The molecule has 0 aromatic carbocycles. The maximum atomic E-state index is 11.8. The fraction of sp³-hybridized carbons (Fsp3) is 0.767. The van der Waals surface area contributed by atoms with Gasteiger partial charge in [-0.15, -0.1) is 0 Å². The minimum absolute atomic E-state index is 0.165. The molecule has 0 spiro atoms. The average Bonchev–Trinajstić information content (AvgIpc) is 3.09. The van der Waals surface area contributed by atoms with Crippen LogP contribution in [0.2, 0.25) is 0 Å². The number of hydrogen-bond donors (Lipinski definition) is 1.